The molecule has 0 radical (unpaired) electrons. The van der Waals surface area contributed by atoms with Crippen molar-refractivity contribution >= 4 is 39.4 Å². The van der Waals surface area contributed by atoms with E-state index in [0.29, 0.717) is 11.0 Å². The molecule has 0 N–H and O–H groups in total. The third kappa shape index (κ3) is 3.68. The number of amides is 1. The van der Waals surface area contributed by atoms with E-state index < -0.39 is 5.97 Å². The molecule has 0 aliphatic rings. The van der Waals surface area contributed by atoms with Gasteiger partial charge in [0.15, 0.2) is 0 Å². The van der Waals surface area contributed by atoms with Crippen LogP contribution >= 0.6 is 27.5 Å². The first kappa shape index (κ1) is 14.9. The molecule has 1 rings (SSSR count). The predicted octanol–water partition coefficient (Wildman–Crippen LogP) is 2.13. The minimum atomic E-state index is -0.482. The second-order valence-corrected chi connectivity index (χ2v) is 4.66. The van der Waals surface area contributed by atoms with E-state index in [2.05, 4.69) is 25.7 Å². The number of carbonyl (C=O) groups excluding carboxylic acids is 2. The maximum absolute atomic E-state index is 12.2. The van der Waals surface area contributed by atoms with Gasteiger partial charge in [-0.15, -0.1) is 0 Å². The fourth-order valence-corrected chi connectivity index (χ4v) is 1.81. The van der Waals surface area contributed by atoms with E-state index in [4.69, 9.17) is 11.6 Å². The van der Waals surface area contributed by atoms with Gasteiger partial charge in [-0.05, 0) is 28.9 Å². The topological polar surface area (TPSA) is 59.5 Å². The van der Waals surface area contributed by atoms with E-state index in [9.17, 15) is 9.59 Å². The second-order valence-electron chi connectivity index (χ2n) is 3.39. The zero-order valence-electron chi connectivity index (χ0n) is 9.94. The van der Waals surface area contributed by atoms with Crippen molar-refractivity contribution in [2.24, 2.45) is 0 Å². The molecule has 0 bridgehead atoms. The van der Waals surface area contributed by atoms with Crippen molar-refractivity contribution in [3.05, 3.63) is 27.5 Å². The zero-order valence-corrected chi connectivity index (χ0v) is 12.3. The Hall–Kier alpha value is -1.14. The normalized spacial score (nSPS) is 10.0. The predicted molar refractivity (Wildman–Crippen MR) is 70.5 cm³/mol. The number of ether oxygens (including phenoxy) is 1. The number of nitrogens with zero attached hydrogens (tertiary/aromatic N) is 2. The summed E-state index contributed by atoms with van der Waals surface area (Å²) in [4.78, 5) is 28.6. The molecule has 0 spiro atoms. The Balaban J connectivity index is 2.96. The number of aromatic nitrogens is 1. The summed E-state index contributed by atoms with van der Waals surface area (Å²) in [6.07, 6.45) is 1.50. The highest BCUT2D eigenvalue weighted by atomic mass is 79.9. The van der Waals surface area contributed by atoms with Gasteiger partial charge in [-0.2, -0.15) is 0 Å². The minimum Gasteiger partial charge on any atom is -0.468 e. The Kier molecular flexibility index (Phi) is 5.55. The molecule has 1 amide bonds. The average molecular weight is 336 g/mol. The van der Waals surface area contributed by atoms with Gasteiger partial charge in [-0.1, -0.05) is 11.6 Å². The van der Waals surface area contributed by atoms with Gasteiger partial charge < -0.3 is 9.64 Å². The number of hydrogen-bond acceptors (Lipinski definition) is 4. The highest BCUT2D eigenvalue weighted by Gasteiger charge is 2.20. The van der Waals surface area contributed by atoms with Gasteiger partial charge in [0, 0.05) is 17.2 Å². The standard InChI is InChI=1S/C11H12BrClN2O3/c1-3-15(6-9(16)18-2)11(17)8-4-7(12)5-14-10(8)13/h4-5H,3,6H2,1-2H3. The lowest BCUT2D eigenvalue weighted by molar-refractivity contribution is -0.141. The fraction of sp³-hybridized carbons (Fsp3) is 0.364. The molecule has 0 atom stereocenters. The summed E-state index contributed by atoms with van der Waals surface area (Å²) >= 11 is 9.08. The van der Waals surface area contributed by atoms with E-state index in [1.165, 1.54) is 18.2 Å². The van der Waals surface area contributed by atoms with Crippen molar-refractivity contribution in [3.63, 3.8) is 0 Å². The first-order chi connectivity index (χ1) is 8.49. The van der Waals surface area contributed by atoms with Gasteiger partial charge in [0.2, 0.25) is 0 Å². The van der Waals surface area contributed by atoms with Crippen LogP contribution in [0.25, 0.3) is 0 Å². The summed E-state index contributed by atoms with van der Waals surface area (Å²) in [5, 5.41) is 0.103. The molecule has 0 saturated carbocycles. The van der Waals surface area contributed by atoms with Crippen LogP contribution in [0.2, 0.25) is 5.15 Å². The van der Waals surface area contributed by atoms with Crippen LogP contribution in [-0.4, -0.2) is 42.0 Å². The Morgan fingerprint density at radius 1 is 1.56 bits per heavy atom. The highest BCUT2D eigenvalue weighted by Crippen LogP contribution is 2.19. The lowest BCUT2D eigenvalue weighted by Gasteiger charge is -2.19. The van der Waals surface area contributed by atoms with E-state index in [-0.39, 0.29) is 23.2 Å². The van der Waals surface area contributed by atoms with Gasteiger partial charge in [0.25, 0.3) is 5.91 Å². The molecule has 0 saturated heterocycles. The number of hydrogen-bond donors (Lipinski definition) is 0. The Morgan fingerprint density at radius 2 is 2.22 bits per heavy atom. The van der Waals surface area contributed by atoms with Gasteiger partial charge in [0.1, 0.15) is 11.7 Å². The molecular formula is C11H12BrClN2O3. The number of carbonyl (C=O) groups is 2. The monoisotopic (exact) mass is 334 g/mol. The van der Waals surface area contributed by atoms with Crippen molar-refractivity contribution < 1.29 is 14.3 Å². The number of halogens is 2. The highest BCUT2D eigenvalue weighted by molar-refractivity contribution is 9.10. The zero-order chi connectivity index (χ0) is 13.7. The van der Waals surface area contributed by atoms with Crippen LogP contribution in [0, 0.1) is 0 Å². The van der Waals surface area contributed by atoms with Crippen molar-refractivity contribution in [1.29, 1.82) is 0 Å². The molecule has 0 aliphatic carbocycles. The molecule has 7 heteroatoms. The van der Waals surface area contributed by atoms with Gasteiger partial charge in [-0.3, -0.25) is 9.59 Å². The summed E-state index contributed by atoms with van der Waals surface area (Å²) in [6, 6.07) is 1.57. The van der Waals surface area contributed by atoms with E-state index in [1.54, 1.807) is 13.0 Å². The first-order valence-corrected chi connectivity index (χ1v) is 6.33. The van der Waals surface area contributed by atoms with Gasteiger partial charge in [-0.25, -0.2) is 4.98 Å². The molecule has 0 unspecified atom stereocenters. The van der Waals surface area contributed by atoms with Gasteiger partial charge >= 0.3 is 5.97 Å². The third-order valence-electron chi connectivity index (χ3n) is 2.25. The second kappa shape index (κ2) is 6.70. The van der Waals surface area contributed by atoms with Crippen LogP contribution in [0.4, 0.5) is 0 Å². The Labute approximate surface area is 118 Å². The van der Waals surface area contributed by atoms with Crippen LogP contribution in [0.3, 0.4) is 0 Å². The summed E-state index contributed by atoms with van der Waals surface area (Å²) in [5.41, 5.74) is 0.247. The fourth-order valence-electron chi connectivity index (χ4n) is 1.29. The van der Waals surface area contributed by atoms with Crippen molar-refractivity contribution in [2.45, 2.75) is 6.92 Å². The third-order valence-corrected chi connectivity index (χ3v) is 2.99. The largest absolute Gasteiger partial charge is 0.468 e. The molecule has 18 heavy (non-hydrogen) atoms. The lowest BCUT2D eigenvalue weighted by Crippen LogP contribution is -2.36. The summed E-state index contributed by atoms with van der Waals surface area (Å²) in [6.45, 7) is 2.02. The van der Waals surface area contributed by atoms with E-state index >= 15 is 0 Å². The maximum atomic E-state index is 12.2. The number of esters is 1. The van der Waals surface area contributed by atoms with Crippen molar-refractivity contribution in [2.75, 3.05) is 20.2 Å². The average Bonchev–Trinajstić information content (AvgIpc) is 2.37. The van der Waals surface area contributed by atoms with Crippen LogP contribution in [-0.2, 0) is 9.53 Å². The Bertz CT molecular complexity index is 468. The molecule has 1 heterocycles. The van der Waals surface area contributed by atoms with E-state index in [0.717, 1.165) is 0 Å². The van der Waals surface area contributed by atoms with Crippen molar-refractivity contribution in [1.82, 2.24) is 9.88 Å². The quantitative estimate of drug-likeness (QED) is 0.625. The maximum Gasteiger partial charge on any atom is 0.325 e. The summed E-state index contributed by atoms with van der Waals surface area (Å²) in [5.74, 6) is -0.842. The van der Waals surface area contributed by atoms with Crippen LogP contribution in [0.1, 0.15) is 17.3 Å². The molecule has 5 nitrogen and oxygen atoms in total. The van der Waals surface area contributed by atoms with Crippen molar-refractivity contribution in [3.8, 4) is 0 Å². The molecule has 0 aliphatic heterocycles. The molecule has 98 valence electrons. The summed E-state index contributed by atoms with van der Waals surface area (Å²) < 4.78 is 5.17. The molecule has 1 aromatic heterocycles. The van der Waals surface area contributed by atoms with Crippen LogP contribution in [0.15, 0.2) is 16.7 Å². The summed E-state index contributed by atoms with van der Waals surface area (Å²) in [7, 11) is 1.27. The smallest absolute Gasteiger partial charge is 0.325 e. The molecule has 1 aromatic rings. The molecular weight excluding hydrogens is 323 g/mol. The number of methoxy groups -OCH3 is 1. The molecule has 0 fully saturated rings. The number of rotatable bonds is 4. The minimum absolute atomic E-state index is 0.103. The van der Waals surface area contributed by atoms with Crippen LogP contribution < -0.4 is 0 Å². The Morgan fingerprint density at radius 3 is 2.78 bits per heavy atom. The van der Waals surface area contributed by atoms with E-state index in [1.807, 2.05) is 0 Å². The SMILES string of the molecule is CCN(CC(=O)OC)C(=O)c1cc(Br)cnc1Cl. The number of pyridine rings is 1. The molecule has 0 aromatic carbocycles. The number of likely N-dealkylation sites (N-methyl/N-ethyl adjacent to an activating group) is 1. The van der Waals surface area contributed by atoms with Gasteiger partial charge in [0.05, 0.1) is 12.7 Å². The lowest BCUT2D eigenvalue weighted by atomic mass is 10.2. The van der Waals surface area contributed by atoms with Crippen LogP contribution in [0.5, 0.6) is 0 Å². The first-order valence-electron chi connectivity index (χ1n) is 5.16.